The molecule has 140 valence electrons. The highest BCUT2D eigenvalue weighted by Crippen LogP contribution is 2.40. The molecule has 8 heteroatoms. The molecule has 0 spiro atoms. The van der Waals surface area contributed by atoms with Gasteiger partial charge in [-0.3, -0.25) is 0 Å². The van der Waals surface area contributed by atoms with Crippen molar-refractivity contribution in [3.63, 3.8) is 0 Å². The Hall–Kier alpha value is -2.19. The summed E-state index contributed by atoms with van der Waals surface area (Å²) >= 11 is 0. The van der Waals surface area contributed by atoms with Gasteiger partial charge >= 0.3 is 6.03 Å². The van der Waals surface area contributed by atoms with Crippen LogP contribution in [0.2, 0.25) is 0 Å². The van der Waals surface area contributed by atoms with Crippen molar-refractivity contribution >= 4 is 11.7 Å². The summed E-state index contributed by atoms with van der Waals surface area (Å²) in [4.78, 5) is 14.0. The van der Waals surface area contributed by atoms with Gasteiger partial charge in [-0.2, -0.15) is 0 Å². The van der Waals surface area contributed by atoms with Gasteiger partial charge in [0.05, 0.1) is 52.3 Å². The number of aliphatic hydroxyl groups excluding tert-OH is 1. The molecule has 1 aromatic carbocycles. The third-order valence-corrected chi connectivity index (χ3v) is 3.89. The van der Waals surface area contributed by atoms with Crippen molar-refractivity contribution in [1.82, 2.24) is 4.90 Å². The fourth-order valence-electron chi connectivity index (χ4n) is 2.76. The summed E-state index contributed by atoms with van der Waals surface area (Å²) < 4.78 is 21.4. The molecule has 1 saturated heterocycles. The highest BCUT2D eigenvalue weighted by molar-refractivity contribution is 5.90. The minimum Gasteiger partial charge on any atom is -0.493 e. The summed E-state index contributed by atoms with van der Waals surface area (Å²) in [5.41, 5.74) is 0.502. The predicted molar refractivity (Wildman–Crippen MR) is 92.7 cm³/mol. The minimum absolute atomic E-state index is 0.0160. The number of aliphatic hydroxyl groups is 1. The van der Waals surface area contributed by atoms with E-state index in [1.54, 1.807) is 12.1 Å². The Morgan fingerprint density at radius 3 is 2.24 bits per heavy atom. The number of benzene rings is 1. The second kappa shape index (κ2) is 8.26. The summed E-state index contributed by atoms with van der Waals surface area (Å²) in [6.45, 7) is 4.33. The third-order valence-electron chi connectivity index (χ3n) is 3.89. The Labute approximate surface area is 147 Å². The van der Waals surface area contributed by atoms with Gasteiger partial charge in [0.25, 0.3) is 0 Å². The third kappa shape index (κ3) is 4.46. The van der Waals surface area contributed by atoms with Gasteiger partial charge in [0.15, 0.2) is 11.5 Å². The van der Waals surface area contributed by atoms with Gasteiger partial charge in [-0.25, -0.2) is 4.79 Å². The zero-order valence-electron chi connectivity index (χ0n) is 15.2. The number of carbonyl (C=O) groups excluding carboxylic acids is 1. The van der Waals surface area contributed by atoms with E-state index in [1.807, 2.05) is 13.8 Å². The monoisotopic (exact) mass is 354 g/mol. The lowest BCUT2D eigenvalue weighted by Gasteiger charge is -2.19. The topological polar surface area (TPSA) is 89.5 Å². The number of β-amino-alcohol motifs (C(OH)–C–C–N with tert-alkyl or cyclic N) is 1. The number of methoxy groups -OCH3 is 3. The van der Waals surface area contributed by atoms with E-state index in [0.29, 0.717) is 29.5 Å². The lowest BCUT2D eigenvalue weighted by Crippen LogP contribution is -2.34. The molecule has 0 bridgehead atoms. The molecule has 25 heavy (non-hydrogen) atoms. The van der Waals surface area contributed by atoms with Crippen LogP contribution < -0.4 is 19.5 Å². The minimum atomic E-state index is -0.701. The number of likely N-dealkylation sites (tertiary alicyclic amines) is 1. The van der Waals surface area contributed by atoms with Crippen LogP contribution in [0, 0.1) is 0 Å². The summed E-state index contributed by atoms with van der Waals surface area (Å²) in [5, 5.41) is 12.8. The summed E-state index contributed by atoms with van der Waals surface area (Å²) in [5.74, 6) is 1.34. The van der Waals surface area contributed by atoms with Crippen LogP contribution in [-0.4, -0.2) is 68.8 Å². The number of nitrogens with one attached hydrogen (secondary N) is 1. The zero-order chi connectivity index (χ0) is 18.6. The van der Waals surface area contributed by atoms with E-state index < -0.39 is 6.10 Å². The standard InChI is InChI=1S/C17H26N2O6/c1-10(2)25-15-9-19(8-12(15)20)17(21)18-11-6-13(22-3)16(24-5)14(7-11)23-4/h6-7,10,12,15,20H,8-9H2,1-5H3,(H,18,21)/t12-,15-/m1/s1. The number of carbonyl (C=O) groups is 1. The number of hydrogen-bond donors (Lipinski definition) is 2. The van der Waals surface area contributed by atoms with Gasteiger partial charge in [0, 0.05) is 12.1 Å². The van der Waals surface area contributed by atoms with Gasteiger partial charge in [0.1, 0.15) is 6.10 Å². The Bertz CT molecular complexity index is 582. The number of ether oxygens (including phenoxy) is 4. The van der Waals surface area contributed by atoms with E-state index in [-0.39, 0.29) is 24.8 Å². The maximum absolute atomic E-state index is 12.5. The molecule has 1 fully saturated rings. The number of nitrogens with zero attached hydrogens (tertiary/aromatic N) is 1. The normalized spacial score (nSPS) is 19.9. The average molecular weight is 354 g/mol. The maximum Gasteiger partial charge on any atom is 0.322 e. The van der Waals surface area contributed by atoms with Crippen molar-refractivity contribution in [1.29, 1.82) is 0 Å². The molecule has 1 heterocycles. The smallest absolute Gasteiger partial charge is 0.322 e. The van der Waals surface area contributed by atoms with E-state index in [9.17, 15) is 9.90 Å². The molecule has 0 radical (unpaired) electrons. The van der Waals surface area contributed by atoms with Gasteiger partial charge in [0.2, 0.25) is 5.75 Å². The first-order valence-electron chi connectivity index (χ1n) is 8.09. The van der Waals surface area contributed by atoms with Crippen molar-refractivity contribution < 1.29 is 28.8 Å². The first-order chi connectivity index (χ1) is 11.9. The number of urea groups is 1. The van der Waals surface area contributed by atoms with E-state index in [4.69, 9.17) is 18.9 Å². The number of amides is 2. The van der Waals surface area contributed by atoms with Crippen molar-refractivity contribution in [2.75, 3.05) is 39.7 Å². The Balaban J connectivity index is 2.10. The first kappa shape index (κ1) is 19.1. The van der Waals surface area contributed by atoms with Crippen molar-refractivity contribution in [3.05, 3.63) is 12.1 Å². The van der Waals surface area contributed by atoms with E-state index in [1.165, 1.54) is 26.2 Å². The molecule has 0 unspecified atom stereocenters. The fraction of sp³-hybridized carbons (Fsp3) is 0.588. The average Bonchev–Trinajstić information content (AvgIpc) is 2.94. The van der Waals surface area contributed by atoms with E-state index in [0.717, 1.165) is 0 Å². The van der Waals surface area contributed by atoms with Crippen LogP contribution in [0.1, 0.15) is 13.8 Å². The summed E-state index contributed by atoms with van der Waals surface area (Å²) in [6, 6.07) is 2.96. The number of hydrogen-bond acceptors (Lipinski definition) is 6. The quantitative estimate of drug-likeness (QED) is 0.808. The fourth-order valence-corrected chi connectivity index (χ4v) is 2.76. The molecule has 2 atom stereocenters. The molecule has 0 saturated carbocycles. The van der Waals surface area contributed by atoms with E-state index >= 15 is 0 Å². The van der Waals surface area contributed by atoms with Crippen LogP contribution >= 0.6 is 0 Å². The molecule has 0 aliphatic carbocycles. The Morgan fingerprint density at radius 2 is 1.76 bits per heavy atom. The molecule has 2 rings (SSSR count). The van der Waals surface area contributed by atoms with Crippen LogP contribution in [0.4, 0.5) is 10.5 Å². The first-order valence-corrected chi connectivity index (χ1v) is 8.09. The highest BCUT2D eigenvalue weighted by Gasteiger charge is 2.35. The molecular weight excluding hydrogens is 328 g/mol. The SMILES string of the molecule is COc1cc(NC(=O)N2C[C@@H](O)[C@H](OC(C)C)C2)cc(OC)c1OC. The number of rotatable bonds is 6. The summed E-state index contributed by atoms with van der Waals surface area (Å²) in [6.07, 6.45) is -1.10. The van der Waals surface area contributed by atoms with Gasteiger partial charge < -0.3 is 34.3 Å². The molecule has 1 aromatic rings. The second-order valence-corrected chi connectivity index (χ2v) is 6.04. The molecule has 2 N–H and O–H groups in total. The van der Waals surface area contributed by atoms with Gasteiger partial charge in [-0.15, -0.1) is 0 Å². The summed E-state index contributed by atoms with van der Waals surface area (Å²) in [7, 11) is 4.53. The van der Waals surface area contributed by atoms with Gasteiger partial charge in [-0.05, 0) is 13.8 Å². The van der Waals surface area contributed by atoms with Crippen molar-refractivity contribution in [2.24, 2.45) is 0 Å². The van der Waals surface area contributed by atoms with Crippen molar-refractivity contribution in [3.8, 4) is 17.2 Å². The molecule has 1 aliphatic heterocycles. The molecule has 1 aliphatic rings. The van der Waals surface area contributed by atoms with E-state index in [2.05, 4.69) is 5.32 Å². The van der Waals surface area contributed by atoms with Crippen LogP contribution in [0.5, 0.6) is 17.2 Å². The lowest BCUT2D eigenvalue weighted by atomic mass is 10.2. The molecular formula is C17H26N2O6. The van der Waals surface area contributed by atoms with Crippen LogP contribution in [0.15, 0.2) is 12.1 Å². The number of anilines is 1. The lowest BCUT2D eigenvalue weighted by molar-refractivity contribution is -0.0393. The van der Waals surface area contributed by atoms with Crippen LogP contribution in [0.25, 0.3) is 0 Å². The Morgan fingerprint density at radius 1 is 1.16 bits per heavy atom. The predicted octanol–water partition coefficient (Wildman–Crippen LogP) is 1.71. The largest absolute Gasteiger partial charge is 0.493 e. The second-order valence-electron chi connectivity index (χ2n) is 6.04. The van der Waals surface area contributed by atoms with Crippen molar-refractivity contribution in [2.45, 2.75) is 32.2 Å². The van der Waals surface area contributed by atoms with Crippen LogP contribution in [0.3, 0.4) is 0 Å². The maximum atomic E-state index is 12.5. The molecule has 2 amide bonds. The zero-order valence-corrected chi connectivity index (χ0v) is 15.2. The molecule has 8 nitrogen and oxygen atoms in total. The van der Waals surface area contributed by atoms with Gasteiger partial charge in [-0.1, -0.05) is 0 Å². The highest BCUT2D eigenvalue weighted by atomic mass is 16.5. The Kier molecular flexibility index (Phi) is 6.33. The molecule has 0 aromatic heterocycles. The van der Waals surface area contributed by atoms with Crippen LogP contribution in [-0.2, 0) is 4.74 Å².